The summed E-state index contributed by atoms with van der Waals surface area (Å²) in [4.78, 5) is 31.7. The smallest absolute Gasteiger partial charge is 0.362 e. The molecular formula is C21H13N3O3. The minimum Gasteiger partial charge on any atom is -0.421 e. The summed E-state index contributed by atoms with van der Waals surface area (Å²) in [5, 5.41) is 0.682. The zero-order chi connectivity index (χ0) is 18.4. The van der Waals surface area contributed by atoms with E-state index in [-0.39, 0.29) is 11.2 Å². The zero-order valence-electron chi connectivity index (χ0n) is 14.0. The first kappa shape index (κ1) is 15.3. The third-order valence-electron chi connectivity index (χ3n) is 4.56. The van der Waals surface area contributed by atoms with Gasteiger partial charge < -0.3 is 4.42 Å². The molecule has 130 valence electrons. The molecule has 1 N–H and O–H groups in total. The highest BCUT2D eigenvalue weighted by Crippen LogP contribution is 2.28. The predicted octanol–water partition coefficient (Wildman–Crippen LogP) is 3.49. The van der Waals surface area contributed by atoms with Crippen LogP contribution in [0.15, 0.2) is 87.1 Å². The minimum atomic E-state index is -0.569. The first-order chi connectivity index (χ1) is 13.2. The molecule has 0 saturated carbocycles. The number of rotatable bonds is 2. The van der Waals surface area contributed by atoms with Crippen molar-refractivity contribution in [2.24, 2.45) is 0 Å². The lowest BCUT2D eigenvalue weighted by Crippen LogP contribution is -2.14. The number of aromatic nitrogens is 3. The molecule has 0 fully saturated rings. The van der Waals surface area contributed by atoms with Crippen molar-refractivity contribution in [2.45, 2.75) is 0 Å². The van der Waals surface area contributed by atoms with Crippen LogP contribution in [0.5, 0.6) is 0 Å². The predicted molar refractivity (Wildman–Crippen MR) is 103 cm³/mol. The number of aromatic amines is 1. The number of nitrogens with one attached hydrogen (secondary N) is 1. The largest absolute Gasteiger partial charge is 0.421 e. The van der Waals surface area contributed by atoms with Crippen LogP contribution in [-0.4, -0.2) is 14.5 Å². The summed E-state index contributed by atoms with van der Waals surface area (Å²) in [5.74, 6) is 0. The van der Waals surface area contributed by atoms with Gasteiger partial charge >= 0.3 is 11.3 Å². The van der Waals surface area contributed by atoms with Crippen molar-refractivity contribution in [1.29, 1.82) is 0 Å². The van der Waals surface area contributed by atoms with Crippen molar-refractivity contribution >= 4 is 22.0 Å². The van der Waals surface area contributed by atoms with Crippen molar-refractivity contribution in [3.63, 3.8) is 0 Å². The molecule has 0 atom stereocenters. The van der Waals surface area contributed by atoms with E-state index in [9.17, 15) is 9.59 Å². The van der Waals surface area contributed by atoms with E-state index in [1.54, 1.807) is 18.5 Å². The molecule has 0 saturated heterocycles. The van der Waals surface area contributed by atoms with Gasteiger partial charge in [-0.3, -0.25) is 14.5 Å². The molecule has 0 unspecified atom stereocenters. The van der Waals surface area contributed by atoms with Gasteiger partial charge in [-0.1, -0.05) is 24.3 Å². The van der Waals surface area contributed by atoms with Gasteiger partial charge in [0.05, 0.1) is 11.2 Å². The Morgan fingerprint density at radius 2 is 1.67 bits per heavy atom. The molecular weight excluding hydrogens is 342 g/mol. The number of benzene rings is 2. The number of imidazole rings is 1. The fourth-order valence-corrected chi connectivity index (χ4v) is 3.34. The van der Waals surface area contributed by atoms with Gasteiger partial charge in [-0.15, -0.1) is 0 Å². The number of pyridine rings is 1. The van der Waals surface area contributed by atoms with Crippen LogP contribution in [0.2, 0.25) is 0 Å². The van der Waals surface area contributed by atoms with Crippen LogP contribution in [0.3, 0.4) is 0 Å². The molecule has 6 heteroatoms. The summed E-state index contributed by atoms with van der Waals surface area (Å²) < 4.78 is 6.92. The Kier molecular flexibility index (Phi) is 3.30. The van der Waals surface area contributed by atoms with E-state index in [4.69, 9.17) is 4.42 Å². The van der Waals surface area contributed by atoms with E-state index in [1.807, 2.05) is 54.6 Å². The van der Waals surface area contributed by atoms with Gasteiger partial charge in [0.2, 0.25) is 0 Å². The molecule has 3 aromatic heterocycles. The second kappa shape index (κ2) is 5.81. The topological polar surface area (TPSA) is 80.9 Å². The van der Waals surface area contributed by atoms with Gasteiger partial charge in [0, 0.05) is 17.8 Å². The Morgan fingerprint density at radius 1 is 0.889 bits per heavy atom. The summed E-state index contributed by atoms with van der Waals surface area (Å²) in [6, 6.07) is 18.6. The maximum Gasteiger partial charge on any atom is 0.362 e. The Balaban J connectivity index is 1.93. The third kappa shape index (κ3) is 2.38. The van der Waals surface area contributed by atoms with Crippen molar-refractivity contribution in [2.75, 3.05) is 0 Å². The molecule has 0 aliphatic rings. The Labute approximate surface area is 152 Å². The van der Waals surface area contributed by atoms with Gasteiger partial charge in [-0.2, -0.15) is 0 Å². The van der Waals surface area contributed by atoms with Gasteiger partial charge in [-0.05, 0) is 47.5 Å². The fraction of sp³-hybridized carbons (Fsp3) is 0. The molecule has 5 rings (SSSR count). The Morgan fingerprint density at radius 3 is 2.44 bits per heavy atom. The van der Waals surface area contributed by atoms with E-state index in [1.165, 1.54) is 4.57 Å². The van der Waals surface area contributed by atoms with Gasteiger partial charge in [-0.25, -0.2) is 9.59 Å². The molecule has 0 radical (unpaired) electrons. The number of fused-ring (bicyclic) bond motifs is 3. The highest BCUT2D eigenvalue weighted by molar-refractivity contribution is 6.03. The summed E-state index contributed by atoms with van der Waals surface area (Å²) in [6.45, 7) is 0. The van der Waals surface area contributed by atoms with Gasteiger partial charge in [0.1, 0.15) is 5.58 Å². The number of nitrogens with zero attached hydrogens (tertiary/aromatic N) is 2. The number of hydrogen-bond donors (Lipinski definition) is 1. The summed E-state index contributed by atoms with van der Waals surface area (Å²) >= 11 is 0. The molecule has 27 heavy (non-hydrogen) atoms. The standard InChI is InChI=1S/C21H13N3O3/c25-20-18-19(24(21(26)23-18)15-4-2-1-3-5-15)16-12-14(6-7-17(16)27-20)13-8-10-22-11-9-13/h1-12H,(H,23,26). The normalized spacial score (nSPS) is 11.3. The van der Waals surface area contributed by atoms with Crippen molar-refractivity contribution < 1.29 is 4.42 Å². The van der Waals surface area contributed by atoms with E-state index < -0.39 is 5.63 Å². The van der Waals surface area contributed by atoms with Crippen molar-refractivity contribution in [3.05, 3.63) is 94.0 Å². The molecule has 6 nitrogen and oxygen atoms in total. The number of para-hydroxylation sites is 1. The van der Waals surface area contributed by atoms with Crippen LogP contribution >= 0.6 is 0 Å². The second-order valence-corrected chi connectivity index (χ2v) is 6.16. The maximum atomic E-state index is 12.6. The zero-order valence-corrected chi connectivity index (χ0v) is 14.0. The van der Waals surface area contributed by atoms with E-state index in [2.05, 4.69) is 9.97 Å². The minimum absolute atomic E-state index is 0.156. The van der Waals surface area contributed by atoms with Crippen LogP contribution in [0, 0.1) is 0 Å². The third-order valence-corrected chi connectivity index (χ3v) is 4.56. The molecule has 0 spiro atoms. The van der Waals surface area contributed by atoms with E-state index >= 15 is 0 Å². The molecule has 2 aromatic carbocycles. The van der Waals surface area contributed by atoms with Crippen molar-refractivity contribution in [3.8, 4) is 16.8 Å². The average Bonchev–Trinajstić information content (AvgIpc) is 3.07. The second-order valence-electron chi connectivity index (χ2n) is 6.16. The number of H-pyrrole nitrogens is 1. The molecule has 3 heterocycles. The SMILES string of the molecule is O=c1oc2ccc(-c3ccncc3)cc2c2c1[nH]c(=O)n2-c1ccccc1. The highest BCUT2D eigenvalue weighted by atomic mass is 16.4. The molecule has 0 aliphatic heterocycles. The monoisotopic (exact) mass is 355 g/mol. The summed E-state index contributed by atoms with van der Waals surface area (Å²) in [7, 11) is 0. The van der Waals surface area contributed by atoms with Crippen LogP contribution in [0.25, 0.3) is 38.8 Å². The first-order valence-electron chi connectivity index (χ1n) is 8.40. The van der Waals surface area contributed by atoms with Crippen LogP contribution in [0.4, 0.5) is 0 Å². The maximum absolute atomic E-state index is 12.6. The van der Waals surface area contributed by atoms with Crippen LogP contribution in [-0.2, 0) is 0 Å². The van der Waals surface area contributed by atoms with E-state index in [0.717, 1.165) is 11.1 Å². The van der Waals surface area contributed by atoms with E-state index in [0.29, 0.717) is 22.2 Å². The average molecular weight is 355 g/mol. The summed E-state index contributed by atoms with van der Waals surface area (Å²) in [6.07, 6.45) is 3.44. The van der Waals surface area contributed by atoms with Gasteiger partial charge in [0.15, 0.2) is 5.52 Å². The lowest BCUT2D eigenvalue weighted by Gasteiger charge is -2.07. The lowest BCUT2D eigenvalue weighted by atomic mass is 10.0. The molecule has 0 amide bonds. The molecule has 0 bridgehead atoms. The Hall–Kier alpha value is -3.93. The highest BCUT2D eigenvalue weighted by Gasteiger charge is 2.17. The Bertz CT molecular complexity index is 1400. The van der Waals surface area contributed by atoms with Crippen molar-refractivity contribution in [1.82, 2.24) is 14.5 Å². The fourth-order valence-electron chi connectivity index (χ4n) is 3.34. The first-order valence-corrected chi connectivity index (χ1v) is 8.40. The molecule has 0 aliphatic carbocycles. The van der Waals surface area contributed by atoms with Crippen LogP contribution < -0.4 is 11.3 Å². The van der Waals surface area contributed by atoms with Crippen LogP contribution in [0.1, 0.15) is 0 Å². The summed E-state index contributed by atoms with van der Waals surface area (Å²) in [5.41, 5.74) is 2.73. The lowest BCUT2D eigenvalue weighted by molar-refractivity contribution is 0.568. The van der Waals surface area contributed by atoms with Gasteiger partial charge in [0.25, 0.3) is 0 Å². The number of hydrogen-bond acceptors (Lipinski definition) is 4. The molecule has 5 aromatic rings. The quantitative estimate of drug-likeness (QED) is 0.492.